The highest BCUT2D eigenvalue weighted by atomic mass is 32.1. The number of amides is 1. The summed E-state index contributed by atoms with van der Waals surface area (Å²) < 4.78 is 1.82. The number of rotatable bonds is 4. The maximum absolute atomic E-state index is 12.9. The predicted molar refractivity (Wildman–Crippen MR) is 121 cm³/mol. The number of carbonyl (C=O) groups is 1. The molecule has 6 nitrogen and oxygen atoms in total. The van der Waals surface area contributed by atoms with Gasteiger partial charge in [0.15, 0.2) is 5.13 Å². The maximum Gasteiger partial charge on any atom is 0.262 e. The van der Waals surface area contributed by atoms with Crippen LogP contribution in [0.1, 0.15) is 34.1 Å². The van der Waals surface area contributed by atoms with Gasteiger partial charge in [0.05, 0.1) is 11.1 Å². The summed E-state index contributed by atoms with van der Waals surface area (Å²) in [6.45, 7) is 8.55. The highest BCUT2D eigenvalue weighted by Crippen LogP contribution is 2.26. The molecule has 0 aliphatic carbocycles. The zero-order valence-electron chi connectivity index (χ0n) is 17.3. The Morgan fingerprint density at radius 2 is 1.90 bits per heavy atom. The molecule has 0 atom stereocenters. The summed E-state index contributed by atoms with van der Waals surface area (Å²) in [5.74, 6) is -0.467. The summed E-state index contributed by atoms with van der Waals surface area (Å²) in [6.07, 6.45) is 1.57. The van der Waals surface area contributed by atoms with Crippen molar-refractivity contribution in [1.29, 1.82) is 0 Å². The van der Waals surface area contributed by atoms with E-state index in [0.29, 0.717) is 22.7 Å². The Hall–Kier alpha value is -3.32. The lowest BCUT2D eigenvalue weighted by Crippen LogP contribution is -2.24. The Bertz CT molecular complexity index is 1340. The van der Waals surface area contributed by atoms with E-state index in [1.54, 1.807) is 18.3 Å². The van der Waals surface area contributed by atoms with Crippen molar-refractivity contribution in [3.63, 3.8) is 0 Å². The van der Waals surface area contributed by atoms with Crippen molar-refractivity contribution in [1.82, 2.24) is 14.5 Å². The zero-order valence-corrected chi connectivity index (χ0v) is 18.1. The highest BCUT2D eigenvalue weighted by molar-refractivity contribution is 7.14. The second kappa shape index (κ2) is 7.84. The van der Waals surface area contributed by atoms with Gasteiger partial charge in [-0.1, -0.05) is 12.1 Å². The monoisotopic (exact) mass is 418 g/mol. The molecule has 3 aromatic heterocycles. The Labute approximate surface area is 178 Å². The molecule has 3 heterocycles. The minimum absolute atomic E-state index is 0.0814. The molecule has 0 fully saturated rings. The Kier molecular flexibility index (Phi) is 5.22. The SMILES string of the molecule is CCn1cc(C(=O)Nc2nc(-c3ccc(C)c(C)c3)cs2)c(=O)c2ccc(C)nc21. The molecule has 30 heavy (non-hydrogen) atoms. The standard InChI is InChI=1S/C23H22N4O2S/c1-5-27-11-18(20(28)17-9-7-15(4)24-21(17)27)22(29)26-23-25-19(12-30-23)16-8-6-13(2)14(3)10-16/h6-12H,5H2,1-4H3,(H,25,26,29). The average Bonchev–Trinajstić information content (AvgIpc) is 3.18. The normalized spacial score (nSPS) is 11.1. The molecule has 0 aliphatic rings. The van der Waals surface area contributed by atoms with E-state index in [-0.39, 0.29) is 11.0 Å². The Morgan fingerprint density at radius 1 is 1.10 bits per heavy atom. The number of aromatic nitrogens is 3. The van der Waals surface area contributed by atoms with Crippen molar-refractivity contribution in [2.45, 2.75) is 34.2 Å². The first kappa shape index (κ1) is 20.0. The molecule has 152 valence electrons. The predicted octanol–water partition coefficient (Wildman–Crippen LogP) is 4.72. The summed E-state index contributed by atoms with van der Waals surface area (Å²) in [6, 6.07) is 9.65. The summed E-state index contributed by atoms with van der Waals surface area (Å²) in [5, 5.41) is 5.57. The van der Waals surface area contributed by atoms with Gasteiger partial charge in [-0.25, -0.2) is 9.97 Å². The van der Waals surface area contributed by atoms with E-state index >= 15 is 0 Å². The van der Waals surface area contributed by atoms with Crippen molar-refractivity contribution >= 4 is 33.4 Å². The van der Waals surface area contributed by atoms with Crippen molar-refractivity contribution in [3.8, 4) is 11.3 Å². The van der Waals surface area contributed by atoms with Gasteiger partial charge in [0.25, 0.3) is 5.91 Å². The number of nitrogens with zero attached hydrogens (tertiary/aromatic N) is 3. The van der Waals surface area contributed by atoms with Crippen LogP contribution in [0.4, 0.5) is 5.13 Å². The van der Waals surface area contributed by atoms with Crippen LogP contribution in [0.5, 0.6) is 0 Å². The van der Waals surface area contributed by atoms with Crippen LogP contribution in [0.15, 0.2) is 46.7 Å². The minimum Gasteiger partial charge on any atom is -0.332 e. The number of thiazole rings is 1. The van der Waals surface area contributed by atoms with Crippen LogP contribution in [-0.4, -0.2) is 20.4 Å². The van der Waals surface area contributed by atoms with Gasteiger partial charge in [-0.05, 0) is 57.0 Å². The van der Waals surface area contributed by atoms with Gasteiger partial charge >= 0.3 is 0 Å². The van der Waals surface area contributed by atoms with Gasteiger partial charge < -0.3 is 4.57 Å². The number of benzene rings is 1. The van der Waals surface area contributed by atoms with Gasteiger partial charge in [0, 0.05) is 29.4 Å². The van der Waals surface area contributed by atoms with Gasteiger partial charge in [0.2, 0.25) is 5.43 Å². The lowest BCUT2D eigenvalue weighted by Gasteiger charge is -2.11. The van der Waals surface area contributed by atoms with Crippen LogP contribution in [0.25, 0.3) is 22.3 Å². The fourth-order valence-electron chi connectivity index (χ4n) is 3.29. The largest absolute Gasteiger partial charge is 0.332 e. The maximum atomic E-state index is 12.9. The van der Waals surface area contributed by atoms with Crippen LogP contribution in [0.2, 0.25) is 0 Å². The zero-order chi connectivity index (χ0) is 21.4. The van der Waals surface area contributed by atoms with Crippen molar-refractivity contribution in [3.05, 3.63) is 74.5 Å². The van der Waals surface area contributed by atoms with Crippen LogP contribution in [0.3, 0.4) is 0 Å². The molecule has 0 saturated carbocycles. The van der Waals surface area contributed by atoms with Crippen molar-refractivity contribution in [2.75, 3.05) is 5.32 Å². The first-order valence-corrected chi connectivity index (χ1v) is 10.6. The molecule has 4 aromatic rings. The third-order valence-corrected chi connectivity index (χ3v) is 5.93. The molecule has 0 radical (unpaired) electrons. The number of hydrogen-bond donors (Lipinski definition) is 1. The quantitative estimate of drug-likeness (QED) is 0.520. The fraction of sp³-hybridized carbons (Fsp3) is 0.217. The molecule has 0 saturated heterocycles. The first-order chi connectivity index (χ1) is 14.4. The molecule has 1 aromatic carbocycles. The van der Waals surface area contributed by atoms with Gasteiger partial charge in [-0.3, -0.25) is 14.9 Å². The van der Waals surface area contributed by atoms with Crippen LogP contribution >= 0.6 is 11.3 Å². The number of pyridine rings is 2. The number of hydrogen-bond acceptors (Lipinski definition) is 5. The van der Waals surface area contributed by atoms with Crippen LogP contribution < -0.4 is 10.7 Å². The molecule has 1 N–H and O–H groups in total. The minimum atomic E-state index is -0.467. The summed E-state index contributed by atoms with van der Waals surface area (Å²) in [7, 11) is 0. The molecule has 0 bridgehead atoms. The molecular weight excluding hydrogens is 396 g/mol. The van der Waals surface area contributed by atoms with Gasteiger partial charge in [-0.2, -0.15) is 0 Å². The van der Waals surface area contributed by atoms with E-state index in [0.717, 1.165) is 17.0 Å². The van der Waals surface area contributed by atoms with E-state index < -0.39 is 5.91 Å². The lowest BCUT2D eigenvalue weighted by atomic mass is 10.1. The van der Waals surface area contributed by atoms with E-state index in [9.17, 15) is 9.59 Å². The molecular formula is C23H22N4O2S. The van der Waals surface area contributed by atoms with Crippen molar-refractivity contribution in [2.24, 2.45) is 0 Å². The number of anilines is 1. The number of aryl methyl sites for hydroxylation is 4. The summed E-state index contributed by atoms with van der Waals surface area (Å²) in [5.41, 5.74) is 5.36. The first-order valence-electron chi connectivity index (χ1n) is 9.72. The lowest BCUT2D eigenvalue weighted by molar-refractivity contribution is 0.102. The van der Waals surface area contributed by atoms with Gasteiger partial charge in [-0.15, -0.1) is 11.3 Å². The number of fused-ring (bicyclic) bond motifs is 1. The molecule has 0 spiro atoms. The Balaban J connectivity index is 1.66. The summed E-state index contributed by atoms with van der Waals surface area (Å²) >= 11 is 1.33. The van der Waals surface area contributed by atoms with E-state index in [4.69, 9.17) is 0 Å². The number of carbonyl (C=O) groups excluding carboxylic acids is 1. The molecule has 1 amide bonds. The average molecular weight is 419 g/mol. The van der Waals surface area contributed by atoms with Gasteiger partial charge in [0.1, 0.15) is 11.2 Å². The molecule has 4 rings (SSSR count). The van der Waals surface area contributed by atoms with Crippen LogP contribution in [-0.2, 0) is 6.54 Å². The molecule has 0 aliphatic heterocycles. The highest BCUT2D eigenvalue weighted by Gasteiger charge is 2.17. The summed E-state index contributed by atoms with van der Waals surface area (Å²) in [4.78, 5) is 34.8. The third-order valence-electron chi connectivity index (χ3n) is 5.17. The fourth-order valence-corrected chi connectivity index (χ4v) is 4.01. The van der Waals surface area contributed by atoms with E-state index in [1.165, 1.54) is 22.5 Å². The third kappa shape index (κ3) is 3.64. The van der Waals surface area contributed by atoms with E-state index in [1.807, 2.05) is 29.9 Å². The number of nitrogens with one attached hydrogen (secondary N) is 1. The molecule has 7 heteroatoms. The second-order valence-corrected chi connectivity index (χ2v) is 8.13. The van der Waals surface area contributed by atoms with Crippen LogP contribution in [0, 0.1) is 20.8 Å². The second-order valence-electron chi connectivity index (χ2n) is 7.27. The topological polar surface area (TPSA) is 76.9 Å². The molecule has 0 unspecified atom stereocenters. The Morgan fingerprint density at radius 3 is 2.63 bits per heavy atom. The smallest absolute Gasteiger partial charge is 0.262 e. The van der Waals surface area contributed by atoms with Crippen molar-refractivity contribution < 1.29 is 4.79 Å². The van der Waals surface area contributed by atoms with E-state index in [2.05, 4.69) is 41.3 Å².